The minimum absolute atomic E-state index is 0. The largest absolute Gasteiger partial charge is 1.00 e. The molecule has 0 aliphatic carbocycles. The molecular formula is C5H9NaO5. The molecule has 0 rings (SSSR count). The van der Waals surface area contributed by atoms with Crippen molar-refractivity contribution in [3.8, 4) is 0 Å². The smallest absolute Gasteiger partial charge is 1.00 e. The quantitative estimate of drug-likeness (QED) is 0.381. The van der Waals surface area contributed by atoms with Gasteiger partial charge in [0.1, 0.15) is 0 Å². The Kier molecular flexibility index (Phi) is 8.09. The molecular weight excluding hydrogens is 163 g/mol. The fourth-order valence-electron chi connectivity index (χ4n) is 0.384. The Morgan fingerprint density at radius 2 is 1.82 bits per heavy atom. The minimum atomic E-state index is -1.56. The molecule has 0 spiro atoms. The Balaban J connectivity index is -0.000000405. The van der Waals surface area contributed by atoms with E-state index in [1.54, 1.807) is 0 Å². The third-order valence-electron chi connectivity index (χ3n) is 0.917. The van der Waals surface area contributed by atoms with Crippen LogP contribution in [0.5, 0.6) is 0 Å². The molecule has 0 aliphatic rings. The Morgan fingerprint density at radius 1 is 1.36 bits per heavy atom. The van der Waals surface area contributed by atoms with Gasteiger partial charge in [0.2, 0.25) is 0 Å². The van der Waals surface area contributed by atoms with Gasteiger partial charge in [0.15, 0.2) is 6.10 Å². The Hall–Kier alpha value is -0.100. The molecule has 0 radical (unpaired) electrons. The summed E-state index contributed by atoms with van der Waals surface area (Å²) < 4.78 is 0. The maximum atomic E-state index is 9.87. The second-order valence-corrected chi connectivity index (χ2v) is 1.79. The number of aliphatic carboxylic acids is 2. The summed E-state index contributed by atoms with van der Waals surface area (Å²) in [6.07, 6.45) is -2.13. The number of aliphatic hydroxyl groups is 1. The van der Waals surface area contributed by atoms with E-state index in [-0.39, 0.29) is 43.8 Å². The van der Waals surface area contributed by atoms with Crippen molar-refractivity contribution in [1.82, 2.24) is 0 Å². The minimum Gasteiger partial charge on any atom is -1.00 e. The molecule has 5 nitrogen and oxygen atoms in total. The van der Waals surface area contributed by atoms with E-state index in [4.69, 9.17) is 15.3 Å². The summed E-state index contributed by atoms with van der Waals surface area (Å²) in [5, 5.41) is 24.6. The van der Waals surface area contributed by atoms with Gasteiger partial charge in [0, 0.05) is 6.42 Å². The molecule has 3 N–H and O–H groups in total. The molecule has 0 heterocycles. The molecule has 1 atom stereocenters. The van der Waals surface area contributed by atoms with Crippen LogP contribution in [0.2, 0.25) is 0 Å². The van der Waals surface area contributed by atoms with Crippen LogP contribution in [0.15, 0.2) is 0 Å². The zero-order valence-corrected chi connectivity index (χ0v) is 8.15. The van der Waals surface area contributed by atoms with Crippen molar-refractivity contribution >= 4 is 11.9 Å². The standard InChI is InChI=1S/C5H8O5.Na.H/c6-3(5(9)10)1-2-4(7)8;;/h3,6H,1-2H2,(H,7,8)(H,9,10);;/q;+1;-1/t3-;;/m1../s1. The maximum Gasteiger partial charge on any atom is 1.00 e. The second kappa shape index (κ2) is 6.60. The van der Waals surface area contributed by atoms with Crippen molar-refractivity contribution in [3.05, 3.63) is 0 Å². The van der Waals surface area contributed by atoms with Crippen molar-refractivity contribution in [3.63, 3.8) is 0 Å². The van der Waals surface area contributed by atoms with E-state index in [0.717, 1.165) is 0 Å². The SMILES string of the molecule is O=C(O)CC[C@@H](O)C(=O)O.[H-].[Na+]. The topological polar surface area (TPSA) is 94.8 Å². The summed E-state index contributed by atoms with van der Waals surface area (Å²) in [5.41, 5.74) is 0. The zero-order chi connectivity index (χ0) is 8.15. The van der Waals surface area contributed by atoms with Crippen LogP contribution >= 0.6 is 0 Å². The third kappa shape index (κ3) is 7.80. The van der Waals surface area contributed by atoms with Crippen molar-refractivity contribution in [2.75, 3.05) is 0 Å². The van der Waals surface area contributed by atoms with E-state index >= 15 is 0 Å². The number of hydrogen-bond donors (Lipinski definition) is 3. The average molecular weight is 172 g/mol. The molecule has 0 fully saturated rings. The first-order valence-corrected chi connectivity index (χ1v) is 2.66. The molecule has 11 heavy (non-hydrogen) atoms. The number of rotatable bonds is 4. The van der Waals surface area contributed by atoms with E-state index in [2.05, 4.69) is 0 Å². The van der Waals surface area contributed by atoms with Crippen LogP contribution in [0, 0.1) is 0 Å². The molecule has 0 bridgehead atoms. The second-order valence-electron chi connectivity index (χ2n) is 1.79. The summed E-state index contributed by atoms with van der Waals surface area (Å²) in [6.45, 7) is 0. The predicted octanol–water partition coefficient (Wildman–Crippen LogP) is -3.59. The molecule has 0 aromatic heterocycles. The van der Waals surface area contributed by atoms with Crippen LogP contribution in [0.25, 0.3) is 0 Å². The van der Waals surface area contributed by atoms with Crippen LogP contribution in [-0.4, -0.2) is 33.4 Å². The summed E-state index contributed by atoms with van der Waals surface area (Å²) in [6, 6.07) is 0. The summed E-state index contributed by atoms with van der Waals surface area (Å²) >= 11 is 0. The van der Waals surface area contributed by atoms with E-state index < -0.39 is 18.0 Å². The molecule has 0 unspecified atom stereocenters. The van der Waals surface area contributed by atoms with Crippen molar-refractivity contribution in [1.29, 1.82) is 0 Å². The Labute approximate surface area is 86.8 Å². The van der Waals surface area contributed by atoms with E-state index in [0.29, 0.717) is 0 Å². The fraction of sp³-hybridized carbons (Fsp3) is 0.600. The number of carboxylic acid groups (broad SMARTS) is 2. The summed E-state index contributed by atoms with van der Waals surface area (Å²) in [4.78, 5) is 19.7. The third-order valence-corrected chi connectivity index (χ3v) is 0.917. The normalized spacial score (nSPS) is 11.4. The van der Waals surface area contributed by atoms with E-state index in [1.165, 1.54) is 0 Å². The van der Waals surface area contributed by atoms with Gasteiger partial charge >= 0.3 is 41.5 Å². The van der Waals surface area contributed by atoms with Crippen LogP contribution in [0.1, 0.15) is 14.3 Å². The van der Waals surface area contributed by atoms with Gasteiger partial charge in [0.25, 0.3) is 0 Å². The molecule has 0 aromatic carbocycles. The Bertz CT molecular complexity index is 151. The Morgan fingerprint density at radius 3 is 2.09 bits per heavy atom. The van der Waals surface area contributed by atoms with Crippen molar-refractivity contribution in [2.24, 2.45) is 0 Å². The first-order valence-electron chi connectivity index (χ1n) is 2.66. The van der Waals surface area contributed by atoms with Gasteiger partial charge in [-0.2, -0.15) is 0 Å². The first kappa shape index (κ1) is 13.5. The monoisotopic (exact) mass is 172 g/mol. The van der Waals surface area contributed by atoms with Crippen LogP contribution in [0.4, 0.5) is 0 Å². The number of aliphatic hydroxyl groups excluding tert-OH is 1. The van der Waals surface area contributed by atoms with Gasteiger partial charge in [0.05, 0.1) is 0 Å². The average Bonchev–Trinajstić information content (AvgIpc) is 1.82. The van der Waals surface area contributed by atoms with Crippen molar-refractivity contribution in [2.45, 2.75) is 18.9 Å². The van der Waals surface area contributed by atoms with E-state index in [1.807, 2.05) is 0 Å². The molecule has 0 aromatic rings. The zero-order valence-electron chi connectivity index (χ0n) is 7.15. The molecule has 60 valence electrons. The number of carboxylic acids is 2. The molecule has 0 aliphatic heterocycles. The maximum absolute atomic E-state index is 9.87. The van der Waals surface area contributed by atoms with Crippen LogP contribution in [0.3, 0.4) is 0 Å². The summed E-state index contributed by atoms with van der Waals surface area (Å²) in [5.74, 6) is -2.50. The van der Waals surface area contributed by atoms with Gasteiger partial charge in [-0.25, -0.2) is 4.79 Å². The molecule has 0 saturated carbocycles. The van der Waals surface area contributed by atoms with Crippen LogP contribution < -0.4 is 29.6 Å². The van der Waals surface area contributed by atoms with Gasteiger partial charge in [-0.3, -0.25) is 4.79 Å². The van der Waals surface area contributed by atoms with Gasteiger partial charge in [-0.15, -0.1) is 0 Å². The van der Waals surface area contributed by atoms with E-state index in [9.17, 15) is 9.59 Å². The number of hydrogen-bond acceptors (Lipinski definition) is 3. The summed E-state index contributed by atoms with van der Waals surface area (Å²) in [7, 11) is 0. The molecule has 0 amide bonds. The molecule has 6 heteroatoms. The van der Waals surface area contributed by atoms with Crippen molar-refractivity contribution < 1.29 is 55.9 Å². The van der Waals surface area contributed by atoms with Gasteiger partial charge in [-0.05, 0) is 6.42 Å². The number of carbonyl (C=O) groups is 2. The van der Waals surface area contributed by atoms with Gasteiger partial charge < -0.3 is 16.7 Å². The fourth-order valence-corrected chi connectivity index (χ4v) is 0.384. The first-order chi connectivity index (χ1) is 4.54. The van der Waals surface area contributed by atoms with Crippen LogP contribution in [-0.2, 0) is 9.59 Å². The molecule has 0 saturated heterocycles. The van der Waals surface area contributed by atoms with Gasteiger partial charge in [-0.1, -0.05) is 0 Å². The predicted molar refractivity (Wildman–Crippen MR) is 31.6 cm³/mol.